The lowest BCUT2D eigenvalue weighted by Gasteiger charge is -2.37. The average Bonchev–Trinajstić information content (AvgIpc) is 3.35. The fourth-order valence-corrected chi connectivity index (χ4v) is 5.09. The first-order chi connectivity index (χ1) is 13.7. The fraction of sp³-hybridized carbons (Fsp3) is 0.708. The molecule has 1 amide bonds. The number of ether oxygens (including phenoxy) is 1. The van der Waals surface area contributed by atoms with E-state index < -0.39 is 0 Å². The molecule has 1 aromatic carbocycles. The van der Waals surface area contributed by atoms with Gasteiger partial charge in [-0.25, -0.2) is 0 Å². The van der Waals surface area contributed by atoms with E-state index >= 15 is 0 Å². The van der Waals surface area contributed by atoms with Crippen LogP contribution >= 0.6 is 0 Å². The molecule has 3 fully saturated rings. The normalized spacial score (nSPS) is 25.6. The molecule has 0 bridgehead atoms. The van der Waals surface area contributed by atoms with Gasteiger partial charge in [0.25, 0.3) is 0 Å². The van der Waals surface area contributed by atoms with Crippen molar-refractivity contribution in [3.05, 3.63) is 29.8 Å². The lowest BCUT2D eigenvalue weighted by molar-refractivity contribution is -0.132. The molecule has 0 unspecified atom stereocenters. The number of likely N-dealkylation sites (tertiary alicyclic amines) is 1. The summed E-state index contributed by atoms with van der Waals surface area (Å²) in [6, 6.07) is 8.66. The number of carbonyl (C=O) groups excluding carboxylic acids is 1. The van der Waals surface area contributed by atoms with Crippen LogP contribution in [0.5, 0.6) is 5.75 Å². The zero-order valence-corrected chi connectivity index (χ0v) is 17.4. The minimum atomic E-state index is 0.313. The zero-order chi connectivity index (χ0) is 19.3. The Morgan fingerprint density at radius 3 is 2.39 bits per heavy atom. The van der Waals surface area contributed by atoms with Crippen LogP contribution in [0.4, 0.5) is 0 Å². The predicted octanol–water partition coefficient (Wildman–Crippen LogP) is 4.48. The van der Waals surface area contributed by atoms with E-state index in [0.29, 0.717) is 23.8 Å². The van der Waals surface area contributed by atoms with E-state index in [-0.39, 0.29) is 0 Å². The maximum Gasteiger partial charge on any atom is 0.222 e. The highest BCUT2D eigenvalue weighted by atomic mass is 16.5. The Balaban J connectivity index is 1.14. The van der Waals surface area contributed by atoms with E-state index in [1.165, 1.54) is 57.2 Å². The van der Waals surface area contributed by atoms with Crippen LogP contribution in [-0.2, 0) is 11.3 Å². The second kappa shape index (κ2) is 9.30. The van der Waals surface area contributed by atoms with Gasteiger partial charge in [-0.05, 0) is 81.1 Å². The summed E-state index contributed by atoms with van der Waals surface area (Å²) in [6.45, 7) is 4.42. The van der Waals surface area contributed by atoms with Gasteiger partial charge in [0.2, 0.25) is 5.91 Å². The van der Waals surface area contributed by atoms with E-state index in [0.717, 1.165) is 38.1 Å². The third-order valence-corrected chi connectivity index (χ3v) is 6.92. The summed E-state index contributed by atoms with van der Waals surface area (Å²) >= 11 is 0. The molecule has 0 radical (unpaired) electrons. The SMILES string of the molecule is CN(CC1CC(Oc2ccc(CN3CCCC3)cc2)C1)C(=O)CC1CCCC1. The number of benzene rings is 1. The second-order valence-corrected chi connectivity index (χ2v) is 9.33. The first-order valence-corrected chi connectivity index (χ1v) is 11.4. The van der Waals surface area contributed by atoms with Crippen LogP contribution < -0.4 is 4.74 Å². The van der Waals surface area contributed by atoms with E-state index in [9.17, 15) is 4.79 Å². The van der Waals surface area contributed by atoms with Gasteiger partial charge < -0.3 is 9.64 Å². The Morgan fingerprint density at radius 1 is 1.04 bits per heavy atom. The molecule has 28 heavy (non-hydrogen) atoms. The predicted molar refractivity (Wildman–Crippen MR) is 112 cm³/mol. The fourth-order valence-electron chi connectivity index (χ4n) is 5.09. The third kappa shape index (κ3) is 5.28. The Hall–Kier alpha value is -1.55. The quantitative estimate of drug-likeness (QED) is 0.662. The molecule has 154 valence electrons. The number of carbonyl (C=O) groups is 1. The van der Waals surface area contributed by atoms with Crippen LogP contribution in [0.15, 0.2) is 24.3 Å². The highest BCUT2D eigenvalue weighted by Gasteiger charge is 2.33. The molecule has 4 rings (SSSR count). The van der Waals surface area contributed by atoms with Crippen LogP contribution in [-0.4, -0.2) is 48.5 Å². The maximum absolute atomic E-state index is 12.4. The number of hydrogen-bond acceptors (Lipinski definition) is 3. The van der Waals surface area contributed by atoms with Crippen LogP contribution in [0.3, 0.4) is 0 Å². The summed E-state index contributed by atoms with van der Waals surface area (Å²) in [6.07, 6.45) is 11.0. The molecule has 2 aliphatic carbocycles. The van der Waals surface area contributed by atoms with Crippen LogP contribution in [0.2, 0.25) is 0 Å². The number of amides is 1. The Kier molecular flexibility index (Phi) is 6.56. The van der Waals surface area contributed by atoms with Gasteiger partial charge in [-0.15, -0.1) is 0 Å². The summed E-state index contributed by atoms with van der Waals surface area (Å²) in [5.41, 5.74) is 1.38. The smallest absolute Gasteiger partial charge is 0.222 e. The summed E-state index contributed by atoms with van der Waals surface area (Å²) in [5, 5.41) is 0. The van der Waals surface area contributed by atoms with Gasteiger partial charge in [0, 0.05) is 26.6 Å². The first-order valence-electron chi connectivity index (χ1n) is 11.4. The van der Waals surface area contributed by atoms with Crippen molar-refractivity contribution in [3.8, 4) is 5.75 Å². The lowest BCUT2D eigenvalue weighted by Crippen LogP contribution is -2.42. The highest BCUT2D eigenvalue weighted by molar-refractivity contribution is 5.76. The summed E-state index contributed by atoms with van der Waals surface area (Å²) in [7, 11) is 1.98. The molecular formula is C24H36N2O2. The third-order valence-electron chi connectivity index (χ3n) is 6.92. The van der Waals surface area contributed by atoms with E-state index in [1.54, 1.807) is 0 Å². The molecule has 1 heterocycles. The number of hydrogen-bond donors (Lipinski definition) is 0. The molecule has 4 nitrogen and oxygen atoms in total. The molecule has 0 aromatic heterocycles. The molecule has 2 saturated carbocycles. The van der Waals surface area contributed by atoms with Crippen molar-refractivity contribution < 1.29 is 9.53 Å². The van der Waals surface area contributed by atoms with Gasteiger partial charge in [0.05, 0.1) is 6.10 Å². The van der Waals surface area contributed by atoms with Crippen molar-refractivity contribution >= 4 is 5.91 Å². The van der Waals surface area contributed by atoms with Crippen molar-refractivity contribution in [1.29, 1.82) is 0 Å². The minimum absolute atomic E-state index is 0.313. The Morgan fingerprint density at radius 2 is 1.71 bits per heavy atom. The molecular weight excluding hydrogens is 348 g/mol. The van der Waals surface area contributed by atoms with Gasteiger partial charge in [0.1, 0.15) is 5.75 Å². The largest absolute Gasteiger partial charge is 0.490 e. The molecule has 4 heteroatoms. The molecule has 0 N–H and O–H groups in total. The Labute approximate surface area is 170 Å². The van der Waals surface area contributed by atoms with E-state index in [4.69, 9.17) is 4.74 Å². The summed E-state index contributed by atoms with van der Waals surface area (Å²) < 4.78 is 6.14. The monoisotopic (exact) mass is 384 g/mol. The van der Waals surface area contributed by atoms with Crippen molar-refractivity contribution in [3.63, 3.8) is 0 Å². The average molecular weight is 385 g/mol. The number of nitrogens with zero attached hydrogens (tertiary/aromatic N) is 2. The molecule has 1 aromatic rings. The van der Waals surface area contributed by atoms with Gasteiger partial charge in [0.15, 0.2) is 0 Å². The second-order valence-electron chi connectivity index (χ2n) is 9.33. The molecule has 1 saturated heterocycles. The van der Waals surface area contributed by atoms with E-state index in [2.05, 4.69) is 29.2 Å². The van der Waals surface area contributed by atoms with Crippen molar-refractivity contribution in [2.24, 2.45) is 11.8 Å². The van der Waals surface area contributed by atoms with Crippen LogP contribution in [0, 0.1) is 11.8 Å². The maximum atomic E-state index is 12.4. The number of rotatable bonds is 8. The standard InChI is InChI=1S/C24H36N2O2/c1-25(24(27)16-19-6-2-3-7-19)17-21-14-23(15-21)28-22-10-8-20(9-11-22)18-26-12-4-5-13-26/h8-11,19,21,23H,2-7,12-18H2,1H3. The van der Waals surface area contributed by atoms with Gasteiger partial charge >= 0.3 is 0 Å². The van der Waals surface area contributed by atoms with Crippen molar-refractivity contribution in [2.75, 3.05) is 26.7 Å². The van der Waals surface area contributed by atoms with Crippen LogP contribution in [0.1, 0.15) is 63.4 Å². The first kappa shape index (κ1) is 19.8. The zero-order valence-electron chi connectivity index (χ0n) is 17.4. The lowest BCUT2D eigenvalue weighted by atomic mass is 9.82. The topological polar surface area (TPSA) is 32.8 Å². The Bertz CT molecular complexity index is 627. The summed E-state index contributed by atoms with van der Waals surface area (Å²) in [5.74, 6) is 2.56. The van der Waals surface area contributed by atoms with Gasteiger partial charge in [-0.2, -0.15) is 0 Å². The van der Waals surface area contributed by atoms with E-state index in [1.807, 2.05) is 11.9 Å². The van der Waals surface area contributed by atoms with Crippen molar-refractivity contribution in [1.82, 2.24) is 9.80 Å². The minimum Gasteiger partial charge on any atom is -0.490 e. The van der Waals surface area contributed by atoms with Gasteiger partial charge in [-0.1, -0.05) is 25.0 Å². The molecule has 0 atom stereocenters. The molecule has 3 aliphatic rings. The van der Waals surface area contributed by atoms with Gasteiger partial charge in [-0.3, -0.25) is 9.69 Å². The molecule has 1 aliphatic heterocycles. The van der Waals surface area contributed by atoms with Crippen LogP contribution in [0.25, 0.3) is 0 Å². The summed E-state index contributed by atoms with van der Waals surface area (Å²) in [4.78, 5) is 16.9. The van der Waals surface area contributed by atoms with Crippen molar-refractivity contribution in [2.45, 2.75) is 70.4 Å². The highest BCUT2D eigenvalue weighted by Crippen LogP contribution is 2.33. The molecule has 0 spiro atoms.